The molecule has 0 bridgehead atoms. The van der Waals surface area contributed by atoms with Crippen molar-refractivity contribution in [2.24, 2.45) is 0 Å². The average Bonchev–Trinajstić information content (AvgIpc) is 3.36. The number of para-hydroxylation sites is 5. The molecule has 0 saturated heterocycles. The van der Waals surface area contributed by atoms with Gasteiger partial charge < -0.3 is 4.90 Å². The van der Waals surface area contributed by atoms with Crippen LogP contribution < -0.4 is 9.80 Å². The first-order valence-electron chi connectivity index (χ1n) is 23.4. The van der Waals surface area contributed by atoms with Crippen LogP contribution in [-0.4, -0.2) is 4.98 Å². The molecule has 0 unspecified atom stereocenters. The highest BCUT2D eigenvalue weighted by atomic mass is 15.2. The Bertz CT molecular complexity index is 2800. The second-order valence-corrected chi connectivity index (χ2v) is 17.0. The first-order valence-corrected chi connectivity index (χ1v) is 23.4. The smallest absolute Gasteiger partial charge is 0.140 e. The number of aryl methyl sites for hydroxylation is 8. The lowest BCUT2D eigenvalue weighted by Crippen LogP contribution is -2.17. The van der Waals surface area contributed by atoms with Crippen molar-refractivity contribution < 1.29 is 0 Å². The van der Waals surface area contributed by atoms with Crippen molar-refractivity contribution in [2.75, 3.05) is 9.80 Å². The van der Waals surface area contributed by atoms with E-state index in [1.807, 2.05) is 72.8 Å². The minimum atomic E-state index is 0.879. The molecular weight excluding hydrogens is 823 g/mol. The fourth-order valence-electron chi connectivity index (χ4n) is 7.60. The van der Waals surface area contributed by atoms with Gasteiger partial charge in [-0.1, -0.05) is 235 Å². The molecule has 0 N–H and O–H groups in total. The zero-order valence-corrected chi connectivity index (χ0v) is 41.0. The van der Waals surface area contributed by atoms with Crippen molar-refractivity contribution in [3.8, 4) is 0 Å². The van der Waals surface area contributed by atoms with Crippen LogP contribution in [0.2, 0.25) is 0 Å². The normalized spacial score (nSPS) is 10.1. The van der Waals surface area contributed by atoms with E-state index in [0.717, 1.165) is 45.2 Å². The third kappa shape index (κ3) is 14.2. The van der Waals surface area contributed by atoms with Crippen LogP contribution in [0.4, 0.5) is 34.3 Å². The Balaban J connectivity index is 0.000000215. The summed E-state index contributed by atoms with van der Waals surface area (Å²) in [6.07, 6.45) is 0. The summed E-state index contributed by atoms with van der Waals surface area (Å²) in [5.74, 6) is 0.879. The highest BCUT2D eigenvalue weighted by Crippen LogP contribution is 2.45. The summed E-state index contributed by atoms with van der Waals surface area (Å²) >= 11 is 0. The lowest BCUT2D eigenvalue weighted by Gasteiger charge is -2.32. The Morgan fingerprint density at radius 1 is 0.250 bits per heavy atom. The Morgan fingerprint density at radius 3 is 0.809 bits per heavy atom. The van der Waals surface area contributed by atoms with Gasteiger partial charge in [0.15, 0.2) is 0 Å². The number of aromatic nitrogens is 1. The molecule has 0 saturated carbocycles. The van der Waals surface area contributed by atoms with Crippen molar-refractivity contribution in [1.82, 2.24) is 4.98 Å². The Morgan fingerprint density at radius 2 is 0.515 bits per heavy atom. The summed E-state index contributed by atoms with van der Waals surface area (Å²) in [5.41, 5.74) is 16.7. The number of anilines is 6. The number of benzene rings is 9. The molecule has 0 aliphatic carbocycles. The summed E-state index contributed by atoms with van der Waals surface area (Å²) in [6, 6.07) is 86.0. The quantitative estimate of drug-likeness (QED) is 0.166. The lowest BCUT2D eigenvalue weighted by molar-refractivity contribution is 1.16. The number of pyridine rings is 1. The zero-order valence-electron chi connectivity index (χ0n) is 41.0. The molecule has 0 atom stereocenters. The van der Waals surface area contributed by atoms with Gasteiger partial charge in [0.2, 0.25) is 0 Å². The first kappa shape index (κ1) is 49.4. The number of rotatable bonds is 6. The topological polar surface area (TPSA) is 19.4 Å². The van der Waals surface area contributed by atoms with Gasteiger partial charge in [-0.25, -0.2) is 4.98 Å². The lowest BCUT2D eigenvalue weighted by atomic mass is 10.0. The maximum absolute atomic E-state index is 5.29. The van der Waals surface area contributed by atoms with Gasteiger partial charge in [0, 0.05) is 22.8 Å². The van der Waals surface area contributed by atoms with Gasteiger partial charge in [-0.2, -0.15) is 0 Å². The molecule has 0 aliphatic rings. The maximum atomic E-state index is 5.29. The molecule has 0 aliphatic heterocycles. The number of hydrogen-bond acceptors (Lipinski definition) is 3. The summed E-state index contributed by atoms with van der Waals surface area (Å²) in [6.45, 7) is 17.0. The van der Waals surface area contributed by atoms with Crippen LogP contribution in [-0.2, 0) is 0 Å². The Labute approximate surface area is 406 Å². The van der Waals surface area contributed by atoms with Crippen LogP contribution in [0.25, 0.3) is 10.9 Å². The van der Waals surface area contributed by atoms with Gasteiger partial charge in [-0.3, -0.25) is 4.90 Å². The maximum Gasteiger partial charge on any atom is 0.140 e. The van der Waals surface area contributed by atoms with Crippen molar-refractivity contribution >= 4 is 45.2 Å². The van der Waals surface area contributed by atoms with Gasteiger partial charge in [0.25, 0.3) is 0 Å². The molecule has 68 heavy (non-hydrogen) atoms. The second-order valence-electron chi connectivity index (χ2n) is 17.0. The van der Waals surface area contributed by atoms with E-state index in [1.54, 1.807) is 0 Å². The van der Waals surface area contributed by atoms with Gasteiger partial charge in [0.1, 0.15) is 5.82 Å². The van der Waals surface area contributed by atoms with E-state index >= 15 is 0 Å². The van der Waals surface area contributed by atoms with E-state index in [0.29, 0.717) is 0 Å². The monoisotopic (exact) mass is 888 g/mol. The highest BCUT2D eigenvalue weighted by Gasteiger charge is 2.24. The van der Waals surface area contributed by atoms with Crippen LogP contribution in [0.15, 0.2) is 249 Å². The number of fused-ring (bicyclic) bond motifs is 1. The second kappa shape index (κ2) is 25.6. The summed E-state index contributed by atoms with van der Waals surface area (Å²) in [4.78, 5) is 9.98. The molecule has 0 amide bonds. The molecule has 9 aromatic carbocycles. The predicted octanol–water partition coefficient (Wildman–Crippen LogP) is 18.4. The molecule has 3 heteroatoms. The van der Waals surface area contributed by atoms with Gasteiger partial charge in [-0.05, 0) is 108 Å². The highest BCUT2D eigenvalue weighted by molar-refractivity contribution is 6.00. The van der Waals surface area contributed by atoms with Crippen molar-refractivity contribution in [3.05, 3.63) is 293 Å². The minimum absolute atomic E-state index is 0.879. The molecule has 10 aromatic rings. The molecular formula is C65H65N3. The van der Waals surface area contributed by atoms with E-state index < -0.39 is 0 Å². The van der Waals surface area contributed by atoms with E-state index in [1.165, 1.54) is 44.5 Å². The summed E-state index contributed by atoms with van der Waals surface area (Å²) < 4.78 is 0. The van der Waals surface area contributed by atoms with Gasteiger partial charge in [-0.15, -0.1) is 0 Å². The summed E-state index contributed by atoms with van der Waals surface area (Å²) in [5, 5.41) is 1.10. The largest absolute Gasteiger partial charge is 0.309 e. The van der Waals surface area contributed by atoms with E-state index in [4.69, 9.17) is 4.98 Å². The molecule has 0 radical (unpaired) electrons. The van der Waals surface area contributed by atoms with Crippen LogP contribution in [0.5, 0.6) is 0 Å². The molecule has 1 heterocycles. The van der Waals surface area contributed by atoms with Crippen molar-refractivity contribution in [1.29, 1.82) is 0 Å². The number of hydrogen-bond donors (Lipinski definition) is 0. The molecule has 0 fully saturated rings. The zero-order chi connectivity index (χ0) is 48.1. The average molecular weight is 888 g/mol. The van der Waals surface area contributed by atoms with Crippen LogP contribution >= 0.6 is 0 Å². The van der Waals surface area contributed by atoms with Gasteiger partial charge in [0.05, 0.1) is 22.6 Å². The standard InChI is InChI=1S/C37H33N3.4C7H8/c1-26-15-5-11-21-32(26)39(33-22-12-6-16-27(33)2)36-25-37(38-31-20-10-9-19-30(31)36)40(34-23-13-7-17-28(34)3)35-24-14-8-18-29(35)4;4*1-7-5-3-2-4-6-7/h5-25H,1-4H3;4*2-6H,1H3. The molecule has 0 spiro atoms. The van der Waals surface area contributed by atoms with Crippen LogP contribution in [0.1, 0.15) is 44.5 Å². The number of nitrogens with zero attached hydrogens (tertiary/aromatic N) is 3. The fraction of sp³-hybridized carbons (Fsp3) is 0.123. The van der Waals surface area contributed by atoms with E-state index in [9.17, 15) is 0 Å². The molecule has 340 valence electrons. The van der Waals surface area contributed by atoms with Crippen molar-refractivity contribution in [2.45, 2.75) is 55.4 Å². The van der Waals surface area contributed by atoms with Crippen LogP contribution in [0.3, 0.4) is 0 Å². The first-order chi connectivity index (χ1) is 33.1. The van der Waals surface area contributed by atoms with E-state index in [-0.39, 0.29) is 0 Å². The van der Waals surface area contributed by atoms with Crippen LogP contribution in [0, 0.1) is 55.4 Å². The molecule has 10 rings (SSSR count). The van der Waals surface area contributed by atoms with Gasteiger partial charge >= 0.3 is 0 Å². The van der Waals surface area contributed by atoms with Crippen molar-refractivity contribution in [3.63, 3.8) is 0 Å². The predicted molar refractivity (Wildman–Crippen MR) is 295 cm³/mol. The Kier molecular flexibility index (Phi) is 18.6. The third-order valence-electron chi connectivity index (χ3n) is 11.3. The molecule has 3 nitrogen and oxygen atoms in total. The molecule has 1 aromatic heterocycles. The minimum Gasteiger partial charge on any atom is -0.309 e. The van der Waals surface area contributed by atoms with E-state index in [2.05, 4.69) is 241 Å². The SMILES string of the molecule is Cc1ccccc1.Cc1ccccc1.Cc1ccccc1.Cc1ccccc1.Cc1ccccc1N(c1cc(N(c2ccccc2C)c2ccccc2C)c2ccccc2n1)c1ccccc1C. The summed E-state index contributed by atoms with van der Waals surface area (Å²) in [7, 11) is 0. The fourth-order valence-corrected chi connectivity index (χ4v) is 7.60. The Hall–Kier alpha value is -8.01. The third-order valence-corrected chi connectivity index (χ3v) is 11.3.